The quantitative estimate of drug-likeness (QED) is 0.244. The molecule has 4 atom stereocenters. The first-order valence-corrected chi connectivity index (χ1v) is 13.7. The Morgan fingerprint density at radius 3 is 2.37 bits per heavy atom. The summed E-state index contributed by atoms with van der Waals surface area (Å²) in [7, 11) is 0. The first-order valence-electron chi connectivity index (χ1n) is 13.7. The molecular weight excluding hydrogens is 532 g/mol. The highest BCUT2D eigenvalue weighted by atomic mass is 16.6. The molecule has 4 amide bonds. The van der Waals surface area contributed by atoms with E-state index in [0.29, 0.717) is 18.6 Å². The Kier molecular flexibility index (Phi) is 12.6. The third kappa shape index (κ3) is 12.7. The van der Waals surface area contributed by atoms with Crippen molar-refractivity contribution in [1.29, 1.82) is 0 Å². The Morgan fingerprint density at radius 2 is 1.76 bits per heavy atom. The largest absolute Gasteiger partial charge is 0.487 e. The number of unbranched alkanes of at least 4 members (excludes halogenated alkanes) is 1. The van der Waals surface area contributed by atoms with Crippen LogP contribution in [-0.2, 0) is 30.3 Å². The minimum Gasteiger partial charge on any atom is -0.487 e. The fraction of sp³-hybridized carbons (Fsp3) is 0.552. The molecular formula is C29H42N4O8. The molecule has 2 heterocycles. The summed E-state index contributed by atoms with van der Waals surface area (Å²) in [6, 6.07) is 3.78. The summed E-state index contributed by atoms with van der Waals surface area (Å²) in [5.41, 5.74) is 0.127. The number of nitrogens with one attached hydrogen (secondary N) is 4. The molecule has 12 nitrogen and oxygen atoms in total. The topological polar surface area (TPSA) is 172 Å². The van der Waals surface area contributed by atoms with E-state index >= 15 is 0 Å². The van der Waals surface area contributed by atoms with Crippen LogP contribution >= 0.6 is 0 Å². The van der Waals surface area contributed by atoms with Crippen molar-refractivity contribution < 1.29 is 38.6 Å². The van der Waals surface area contributed by atoms with Gasteiger partial charge >= 0.3 is 12.1 Å². The van der Waals surface area contributed by atoms with Gasteiger partial charge in [0.1, 0.15) is 35.6 Å². The number of benzene rings is 1. The maximum absolute atomic E-state index is 13.3. The number of aliphatic carboxylic acids is 1. The van der Waals surface area contributed by atoms with Crippen molar-refractivity contribution in [3.8, 4) is 5.75 Å². The van der Waals surface area contributed by atoms with Gasteiger partial charge in [0.05, 0.1) is 0 Å². The second-order valence-corrected chi connectivity index (χ2v) is 11.0. The number of carboxylic acids is 1. The Hall–Kier alpha value is -4.09. The zero-order chi connectivity index (χ0) is 30.6. The maximum atomic E-state index is 13.3. The van der Waals surface area contributed by atoms with Crippen LogP contribution in [-0.4, -0.2) is 71.3 Å². The number of hydrogen-bond acceptors (Lipinski definition) is 7. The van der Waals surface area contributed by atoms with Gasteiger partial charge in [-0.2, -0.15) is 0 Å². The van der Waals surface area contributed by atoms with Gasteiger partial charge in [-0.25, -0.2) is 9.59 Å². The van der Waals surface area contributed by atoms with E-state index in [4.69, 9.17) is 9.47 Å². The smallest absolute Gasteiger partial charge is 0.407 e. The number of carbonyl (C=O) groups excluding carboxylic acids is 4. The molecule has 0 spiro atoms. The van der Waals surface area contributed by atoms with Gasteiger partial charge in [0.25, 0.3) is 0 Å². The van der Waals surface area contributed by atoms with Crippen LogP contribution in [0.1, 0.15) is 65.9 Å². The Balaban J connectivity index is 2.23. The van der Waals surface area contributed by atoms with E-state index in [9.17, 15) is 29.1 Å². The molecule has 2 aliphatic heterocycles. The molecule has 0 radical (unpaired) electrons. The molecule has 5 N–H and O–H groups in total. The van der Waals surface area contributed by atoms with E-state index in [0.717, 1.165) is 5.56 Å². The van der Waals surface area contributed by atoms with Gasteiger partial charge in [-0.3, -0.25) is 14.4 Å². The lowest BCUT2D eigenvalue weighted by Crippen LogP contribution is -2.56. The van der Waals surface area contributed by atoms with Crippen LogP contribution < -0.4 is 26.0 Å². The predicted molar refractivity (Wildman–Crippen MR) is 151 cm³/mol. The van der Waals surface area contributed by atoms with E-state index in [1.807, 2.05) is 0 Å². The molecule has 1 aromatic carbocycles. The highest BCUT2D eigenvalue weighted by Crippen LogP contribution is 2.16. The molecule has 226 valence electrons. The molecule has 2 aliphatic rings. The SMILES string of the molecule is CC(=O)N[C@H]1Cc2ccc(cc2)OC(C)/C=C\C[C@@H](C(=O)O)NC(=O)[C@H](CCCCNC(=O)OC(C)(C)C)NC1=O. The molecule has 2 bridgehead atoms. The number of amides is 4. The van der Waals surface area contributed by atoms with Gasteiger partial charge < -0.3 is 35.8 Å². The van der Waals surface area contributed by atoms with Gasteiger partial charge in [0.2, 0.25) is 17.7 Å². The lowest BCUT2D eigenvalue weighted by atomic mass is 10.0. The van der Waals surface area contributed by atoms with Crippen LogP contribution in [0.3, 0.4) is 0 Å². The zero-order valence-corrected chi connectivity index (χ0v) is 24.3. The summed E-state index contributed by atoms with van der Waals surface area (Å²) in [5, 5.41) is 20.2. The van der Waals surface area contributed by atoms with Crippen LogP contribution in [0, 0.1) is 0 Å². The normalized spacial score (nSPS) is 22.8. The molecule has 3 rings (SSSR count). The number of carbonyl (C=O) groups is 5. The van der Waals surface area contributed by atoms with Gasteiger partial charge in [-0.15, -0.1) is 0 Å². The number of alkyl carbamates (subject to hydrolysis) is 1. The van der Waals surface area contributed by atoms with Crippen LogP contribution in [0.25, 0.3) is 0 Å². The Morgan fingerprint density at radius 1 is 1.07 bits per heavy atom. The van der Waals surface area contributed by atoms with E-state index in [-0.39, 0.29) is 31.9 Å². The molecule has 0 saturated heterocycles. The van der Waals surface area contributed by atoms with Gasteiger partial charge in [-0.05, 0) is 77.2 Å². The summed E-state index contributed by atoms with van der Waals surface area (Å²) in [6.45, 7) is 8.64. The minimum atomic E-state index is -1.24. The van der Waals surface area contributed by atoms with Gasteiger partial charge in [-0.1, -0.05) is 18.2 Å². The van der Waals surface area contributed by atoms with E-state index < -0.39 is 53.5 Å². The fourth-order valence-corrected chi connectivity index (χ4v) is 4.07. The van der Waals surface area contributed by atoms with Crippen LogP contribution in [0.5, 0.6) is 5.75 Å². The zero-order valence-electron chi connectivity index (χ0n) is 24.3. The molecule has 0 aromatic heterocycles. The predicted octanol–water partition coefficient (Wildman–Crippen LogP) is 2.21. The summed E-state index contributed by atoms with van der Waals surface area (Å²) in [4.78, 5) is 62.2. The van der Waals surface area contributed by atoms with Crippen molar-refractivity contribution in [2.75, 3.05) is 6.54 Å². The third-order valence-electron chi connectivity index (χ3n) is 5.99. The molecule has 1 unspecified atom stereocenters. The number of ether oxygens (including phenoxy) is 2. The maximum Gasteiger partial charge on any atom is 0.407 e. The molecule has 41 heavy (non-hydrogen) atoms. The van der Waals surface area contributed by atoms with Gasteiger partial charge in [0, 0.05) is 19.9 Å². The van der Waals surface area contributed by atoms with Crippen molar-refractivity contribution in [3.63, 3.8) is 0 Å². The summed E-state index contributed by atoms with van der Waals surface area (Å²) in [5.74, 6) is -2.32. The molecule has 0 saturated carbocycles. The number of carboxylic acid groups (broad SMARTS) is 1. The Bertz CT molecular complexity index is 1100. The minimum absolute atomic E-state index is 0.00268. The first-order chi connectivity index (χ1) is 19.2. The van der Waals surface area contributed by atoms with E-state index in [2.05, 4.69) is 21.3 Å². The van der Waals surface area contributed by atoms with Crippen molar-refractivity contribution in [1.82, 2.24) is 21.3 Å². The van der Waals surface area contributed by atoms with E-state index in [1.165, 1.54) is 6.92 Å². The van der Waals surface area contributed by atoms with E-state index in [1.54, 1.807) is 64.1 Å². The average Bonchev–Trinajstić information content (AvgIpc) is 2.86. The molecule has 1 aromatic rings. The van der Waals surface area contributed by atoms with Crippen LogP contribution in [0.4, 0.5) is 4.79 Å². The number of fused-ring (bicyclic) bond motifs is 13. The molecule has 0 aliphatic carbocycles. The highest BCUT2D eigenvalue weighted by Gasteiger charge is 2.29. The lowest BCUT2D eigenvalue weighted by molar-refractivity contribution is -0.142. The summed E-state index contributed by atoms with van der Waals surface area (Å²) < 4.78 is 11.0. The van der Waals surface area contributed by atoms with Crippen molar-refractivity contribution >= 4 is 29.8 Å². The second kappa shape index (κ2) is 15.6. The van der Waals surface area contributed by atoms with Crippen LogP contribution in [0.2, 0.25) is 0 Å². The van der Waals surface area contributed by atoms with Crippen molar-refractivity contribution in [3.05, 3.63) is 42.0 Å². The van der Waals surface area contributed by atoms with Crippen molar-refractivity contribution in [2.24, 2.45) is 0 Å². The number of rotatable bonds is 7. The third-order valence-corrected chi connectivity index (χ3v) is 5.99. The highest BCUT2D eigenvalue weighted by molar-refractivity contribution is 5.93. The standard InChI is InChI=1S/C29H42N4O8/c1-18-9-8-11-23(27(37)38)33-25(35)22(10-6-7-16-30-28(39)41-29(3,4)5)32-26(36)24(31-19(2)34)17-20-12-14-21(40-18)15-13-20/h8-9,12-15,18,22-24H,6-7,10-11,16-17H2,1-5H3,(H,30,39)(H,31,34)(H,32,36)(H,33,35)(H,37,38)/b9-8-/t18?,22-,23-,24-/m0/s1. The Labute approximate surface area is 240 Å². The molecule has 0 fully saturated rings. The summed E-state index contributed by atoms with van der Waals surface area (Å²) >= 11 is 0. The summed E-state index contributed by atoms with van der Waals surface area (Å²) in [6.07, 6.45) is 3.64. The second-order valence-electron chi connectivity index (χ2n) is 11.0. The fourth-order valence-electron chi connectivity index (χ4n) is 4.07. The lowest BCUT2D eigenvalue weighted by Gasteiger charge is -2.24. The average molecular weight is 575 g/mol. The monoisotopic (exact) mass is 574 g/mol. The van der Waals surface area contributed by atoms with Crippen LogP contribution in [0.15, 0.2) is 36.4 Å². The first kappa shape index (κ1) is 33.1. The molecule has 12 heteroatoms. The van der Waals surface area contributed by atoms with Gasteiger partial charge in [0.15, 0.2) is 0 Å². The number of hydrogen-bond donors (Lipinski definition) is 5. The van der Waals surface area contributed by atoms with Crippen molar-refractivity contribution in [2.45, 2.75) is 96.6 Å².